The zero-order valence-electron chi connectivity index (χ0n) is 13.1. The number of hydrogen-bond donors (Lipinski definition) is 1. The van der Waals surface area contributed by atoms with Crippen molar-refractivity contribution >= 4 is 16.9 Å². The summed E-state index contributed by atoms with van der Waals surface area (Å²) >= 11 is 0. The monoisotopic (exact) mass is 303 g/mol. The highest BCUT2D eigenvalue weighted by molar-refractivity contribution is 6.03. The predicted octanol–water partition coefficient (Wildman–Crippen LogP) is 0.749. The van der Waals surface area contributed by atoms with Gasteiger partial charge in [-0.05, 0) is 19.5 Å². The first-order chi connectivity index (χ1) is 10.6. The summed E-state index contributed by atoms with van der Waals surface area (Å²) in [6.07, 6.45) is 4.37. The standard InChI is InChI=1S/C15H21N5O2/c1-19-8-11(22-3)6-10(19)7-20(2)15(21)13-12-4-5-16-14(12)18-9-17-13/h4-5,9-11H,6-8H2,1-3H3,(H,16,17,18)/t10-,11-/m0/s1. The van der Waals surface area contributed by atoms with Gasteiger partial charge in [0.15, 0.2) is 0 Å². The number of nitrogens with one attached hydrogen (secondary N) is 1. The van der Waals surface area contributed by atoms with Crippen LogP contribution in [0.25, 0.3) is 11.0 Å². The van der Waals surface area contributed by atoms with Crippen molar-refractivity contribution in [2.75, 3.05) is 34.3 Å². The van der Waals surface area contributed by atoms with Crippen molar-refractivity contribution in [2.45, 2.75) is 18.6 Å². The van der Waals surface area contributed by atoms with Gasteiger partial charge >= 0.3 is 0 Å². The predicted molar refractivity (Wildman–Crippen MR) is 82.7 cm³/mol. The minimum absolute atomic E-state index is 0.0822. The maximum absolute atomic E-state index is 12.7. The summed E-state index contributed by atoms with van der Waals surface area (Å²) in [6, 6.07) is 2.14. The zero-order chi connectivity index (χ0) is 15.7. The summed E-state index contributed by atoms with van der Waals surface area (Å²) < 4.78 is 5.42. The van der Waals surface area contributed by atoms with E-state index < -0.39 is 0 Å². The van der Waals surface area contributed by atoms with Gasteiger partial charge in [0.2, 0.25) is 0 Å². The van der Waals surface area contributed by atoms with E-state index in [1.165, 1.54) is 6.33 Å². The molecule has 1 saturated heterocycles. The van der Waals surface area contributed by atoms with Crippen LogP contribution in [-0.2, 0) is 4.74 Å². The zero-order valence-corrected chi connectivity index (χ0v) is 13.1. The highest BCUT2D eigenvalue weighted by Gasteiger charge is 2.31. The Labute approximate surface area is 129 Å². The molecule has 0 radical (unpaired) electrons. The molecule has 0 unspecified atom stereocenters. The number of rotatable bonds is 4. The molecule has 0 bridgehead atoms. The normalized spacial score (nSPS) is 22.3. The molecule has 7 nitrogen and oxygen atoms in total. The first-order valence-electron chi connectivity index (χ1n) is 7.36. The molecule has 0 spiro atoms. The summed E-state index contributed by atoms with van der Waals surface area (Å²) in [6.45, 7) is 1.56. The number of amides is 1. The molecule has 1 amide bonds. The second-order valence-corrected chi connectivity index (χ2v) is 5.83. The SMILES string of the molecule is CO[C@H]1C[C@@H](CN(C)C(=O)c2ncnc3[nH]ccc23)N(C)C1. The first kappa shape index (κ1) is 14.9. The van der Waals surface area contributed by atoms with Crippen molar-refractivity contribution in [3.05, 3.63) is 24.3 Å². The number of carbonyl (C=O) groups is 1. The van der Waals surface area contributed by atoms with Gasteiger partial charge < -0.3 is 14.6 Å². The van der Waals surface area contributed by atoms with E-state index in [0.717, 1.165) is 18.4 Å². The Morgan fingerprint density at radius 2 is 2.36 bits per heavy atom. The van der Waals surface area contributed by atoms with E-state index in [2.05, 4.69) is 26.9 Å². The molecule has 3 rings (SSSR count). The third kappa shape index (κ3) is 2.69. The van der Waals surface area contributed by atoms with Gasteiger partial charge in [-0.1, -0.05) is 0 Å². The smallest absolute Gasteiger partial charge is 0.273 e. The minimum Gasteiger partial charge on any atom is -0.380 e. The second kappa shape index (κ2) is 6.02. The van der Waals surface area contributed by atoms with Crippen molar-refractivity contribution in [1.29, 1.82) is 0 Å². The van der Waals surface area contributed by atoms with Crippen LogP contribution in [0.2, 0.25) is 0 Å². The number of nitrogens with zero attached hydrogens (tertiary/aromatic N) is 4. The van der Waals surface area contributed by atoms with Crippen LogP contribution in [0, 0.1) is 0 Å². The van der Waals surface area contributed by atoms with Crippen LogP contribution in [0.5, 0.6) is 0 Å². The van der Waals surface area contributed by atoms with Gasteiger partial charge in [-0.15, -0.1) is 0 Å². The molecule has 1 N–H and O–H groups in total. The Hall–Kier alpha value is -1.99. The van der Waals surface area contributed by atoms with E-state index in [0.29, 0.717) is 23.9 Å². The van der Waals surface area contributed by atoms with Crippen molar-refractivity contribution in [1.82, 2.24) is 24.8 Å². The minimum atomic E-state index is -0.0822. The van der Waals surface area contributed by atoms with Gasteiger partial charge in [0.05, 0.1) is 11.5 Å². The molecule has 0 saturated carbocycles. The Morgan fingerprint density at radius 3 is 3.09 bits per heavy atom. The number of methoxy groups -OCH3 is 1. The van der Waals surface area contributed by atoms with Crippen molar-refractivity contribution < 1.29 is 9.53 Å². The van der Waals surface area contributed by atoms with Crippen LogP contribution in [0.3, 0.4) is 0 Å². The first-order valence-corrected chi connectivity index (χ1v) is 7.36. The molecule has 118 valence electrons. The maximum Gasteiger partial charge on any atom is 0.273 e. The number of H-pyrrole nitrogens is 1. The summed E-state index contributed by atoms with van der Waals surface area (Å²) in [5.74, 6) is -0.0822. The fourth-order valence-electron chi connectivity index (χ4n) is 3.04. The van der Waals surface area contributed by atoms with Crippen LogP contribution < -0.4 is 0 Å². The number of fused-ring (bicyclic) bond motifs is 1. The van der Waals surface area contributed by atoms with E-state index in [9.17, 15) is 4.79 Å². The Balaban J connectivity index is 1.74. The van der Waals surface area contributed by atoms with E-state index in [4.69, 9.17) is 4.74 Å². The summed E-state index contributed by atoms with van der Waals surface area (Å²) in [5.41, 5.74) is 1.13. The molecule has 22 heavy (non-hydrogen) atoms. The van der Waals surface area contributed by atoms with Gasteiger partial charge in [-0.25, -0.2) is 9.97 Å². The largest absolute Gasteiger partial charge is 0.380 e. The third-order valence-corrected chi connectivity index (χ3v) is 4.37. The number of likely N-dealkylation sites (N-methyl/N-ethyl adjacent to an activating group) is 2. The fraction of sp³-hybridized carbons (Fsp3) is 0.533. The average Bonchev–Trinajstić information content (AvgIpc) is 3.13. The lowest BCUT2D eigenvalue weighted by Crippen LogP contribution is -2.39. The van der Waals surface area contributed by atoms with Crippen LogP contribution in [0.1, 0.15) is 16.9 Å². The Morgan fingerprint density at radius 1 is 1.55 bits per heavy atom. The molecule has 0 aliphatic carbocycles. The van der Waals surface area contributed by atoms with Crippen LogP contribution in [0.15, 0.2) is 18.6 Å². The molecule has 1 aliphatic rings. The lowest BCUT2D eigenvalue weighted by Gasteiger charge is -2.25. The molecule has 3 heterocycles. The number of aromatic nitrogens is 3. The fourth-order valence-corrected chi connectivity index (χ4v) is 3.04. The third-order valence-electron chi connectivity index (χ3n) is 4.37. The van der Waals surface area contributed by atoms with E-state index in [-0.39, 0.29) is 12.0 Å². The molecule has 1 fully saturated rings. The van der Waals surface area contributed by atoms with Crippen molar-refractivity contribution in [3.63, 3.8) is 0 Å². The van der Waals surface area contributed by atoms with E-state index in [1.807, 2.05) is 13.1 Å². The topological polar surface area (TPSA) is 74.3 Å². The Kier molecular flexibility index (Phi) is 4.08. The molecular formula is C15H21N5O2. The lowest BCUT2D eigenvalue weighted by molar-refractivity contribution is 0.0756. The summed E-state index contributed by atoms with van der Waals surface area (Å²) in [5, 5.41) is 0.758. The second-order valence-electron chi connectivity index (χ2n) is 5.83. The number of ether oxygens (including phenoxy) is 1. The van der Waals surface area contributed by atoms with Gasteiger partial charge in [0.25, 0.3) is 5.91 Å². The average molecular weight is 303 g/mol. The van der Waals surface area contributed by atoms with Crippen LogP contribution in [0.4, 0.5) is 0 Å². The van der Waals surface area contributed by atoms with Crippen LogP contribution in [-0.4, -0.2) is 77.1 Å². The van der Waals surface area contributed by atoms with Crippen molar-refractivity contribution in [2.24, 2.45) is 0 Å². The molecule has 7 heteroatoms. The number of carbonyl (C=O) groups excluding carboxylic acids is 1. The van der Waals surface area contributed by atoms with Gasteiger partial charge in [-0.3, -0.25) is 9.69 Å². The van der Waals surface area contributed by atoms with Crippen molar-refractivity contribution in [3.8, 4) is 0 Å². The van der Waals surface area contributed by atoms with E-state index >= 15 is 0 Å². The quantitative estimate of drug-likeness (QED) is 0.902. The molecular weight excluding hydrogens is 282 g/mol. The molecule has 1 aliphatic heterocycles. The van der Waals surface area contributed by atoms with Gasteiger partial charge in [0.1, 0.15) is 17.7 Å². The number of hydrogen-bond acceptors (Lipinski definition) is 5. The summed E-state index contributed by atoms with van der Waals surface area (Å²) in [7, 11) is 5.62. The molecule has 2 aromatic heterocycles. The number of aromatic amines is 1. The summed E-state index contributed by atoms with van der Waals surface area (Å²) in [4.78, 5) is 27.9. The van der Waals surface area contributed by atoms with Gasteiger partial charge in [0, 0.05) is 39.5 Å². The maximum atomic E-state index is 12.7. The van der Waals surface area contributed by atoms with E-state index in [1.54, 1.807) is 18.2 Å². The van der Waals surface area contributed by atoms with Crippen LogP contribution >= 0.6 is 0 Å². The molecule has 2 atom stereocenters. The highest BCUT2D eigenvalue weighted by Crippen LogP contribution is 2.20. The lowest BCUT2D eigenvalue weighted by atomic mass is 10.1. The molecule has 0 aromatic carbocycles. The van der Waals surface area contributed by atoms with Gasteiger partial charge in [-0.2, -0.15) is 0 Å². The number of likely N-dealkylation sites (tertiary alicyclic amines) is 1. The Bertz CT molecular complexity index is 671. The molecule has 2 aromatic rings. The highest BCUT2D eigenvalue weighted by atomic mass is 16.5.